The summed E-state index contributed by atoms with van der Waals surface area (Å²) in [6.45, 7) is 7.16. The molecule has 0 aromatic rings. The molecule has 0 aromatic heterocycles. The Labute approximate surface area is 136 Å². The van der Waals surface area contributed by atoms with Crippen molar-refractivity contribution in [1.29, 1.82) is 0 Å². The Hall–Kier alpha value is -0.0300. The fraction of sp³-hybridized carbons (Fsp3) is 0.667. The van der Waals surface area contributed by atoms with E-state index in [1.165, 1.54) is 0 Å². The van der Waals surface area contributed by atoms with Crippen LogP contribution in [0.15, 0.2) is 23.3 Å². The van der Waals surface area contributed by atoms with Gasteiger partial charge in [-0.25, -0.2) is 13.2 Å². The van der Waals surface area contributed by atoms with Crippen LogP contribution in [-0.2, 0) is 22.3 Å². The molecule has 0 bridgehead atoms. The van der Waals surface area contributed by atoms with Crippen molar-refractivity contribution in [3.05, 3.63) is 23.3 Å². The molecule has 0 saturated heterocycles. The highest BCUT2D eigenvalue weighted by Crippen LogP contribution is 2.67. The molecule has 0 aliphatic carbocycles. The van der Waals surface area contributed by atoms with Crippen LogP contribution in [-0.4, -0.2) is 27.0 Å². The van der Waals surface area contributed by atoms with Crippen LogP contribution in [0.4, 0.5) is 0 Å². The maximum atomic E-state index is 11.7. The molecule has 23 heavy (non-hydrogen) atoms. The summed E-state index contributed by atoms with van der Waals surface area (Å²) in [6, 6.07) is 0. The molecule has 8 nitrogen and oxygen atoms in total. The molecule has 0 heterocycles. The standard InChI is InChI=1S/C12H25O8P3/c1-11(2)7-5-9-21(13,14)19-23(17,18)20-22(15,16)10-6-8-12(3)4/h7-8H,5-6,9-10H2,1-4H3,(H,13,14)(H,15,16)(H,17,18). The maximum Gasteiger partial charge on any atom is 0.486 e. The Morgan fingerprint density at radius 3 is 1.35 bits per heavy atom. The first-order valence-corrected chi connectivity index (χ1v) is 11.9. The Morgan fingerprint density at radius 2 is 1.09 bits per heavy atom. The minimum Gasteiger partial charge on any atom is -0.324 e. The van der Waals surface area contributed by atoms with Crippen LogP contribution in [0.2, 0.25) is 0 Å². The van der Waals surface area contributed by atoms with Crippen LogP contribution in [0.3, 0.4) is 0 Å². The van der Waals surface area contributed by atoms with E-state index in [0.29, 0.717) is 0 Å². The van der Waals surface area contributed by atoms with Crippen molar-refractivity contribution in [3.8, 4) is 0 Å². The van der Waals surface area contributed by atoms with E-state index in [9.17, 15) is 28.4 Å². The lowest BCUT2D eigenvalue weighted by molar-refractivity contribution is 0.255. The third kappa shape index (κ3) is 13.0. The summed E-state index contributed by atoms with van der Waals surface area (Å²) in [5.74, 6) is 0. The molecule has 0 fully saturated rings. The second-order valence-corrected chi connectivity index (χ2v) is 11.2. The van der Waals surface area contributed by atoms with Gasteiger partial charge >= 0.3 is 23.0 Å². The smallest absolute Gasteiger partial charge is 0.324 e. The van der Waals surface area contributed by atoms with Crippen LogP contribution in [0.1, 0.15) is 40.5 Å². The minimum atomic E-state index is -5.13. The van der Waals surface area contributed by atoms with Crippen LogP contribution >= 0.6 is 23.0 Å². The molecule has 0 radical (unpaired) electrons. The van der Waals surface area contributed by atoms with Crippen molar-refractivity contribution >= 4 is 23.0 Å². The lowest BCUT2D eigenvalue weighted by Crippen LogP contribution is -1.98. The third-order valence-electron chi connectivity index (χ3n) is 2.39. The number of hydrogen-bond acceptors (Lipinski definition) is 5. The molecular weight excluding hydrogens is 365 g/mol. The van der Waals surface area contributed by atoms with E-state index >= 15 is 0 Å². The lowest BCUT2D eigenvalue weighted by Gasteiger charge is -2.18. The fourth-order valence-corrected chi connectivity index (χ4v) is 5.98. The first-order valence-electron chi connectivity index (χ1n) is 6.90. The molecule has 2 atom stereocenters. The van der Waals surface area contributed by atoms with Gasteiger partial charge in [-0.2, -0.15) is 0 Å². The SMILES string of the molecule is CC(C)=CCCP(=O)(O)OP(=O)(O)OP(=O)(O)CCC=C(C)C. The molecule has 11 heteroatoms. The summed E-state index contributed by atoms with van der Waals surface area (Å²) in [6.07, 6.45) is 2.83. The highest BCUT2D eigenvalue weighted by Gasteiger charge is 2.39. The van der Waals surface area contributed by atoms with Crippen LogP contribution < -0.4 is 0 Å². The summed E-state index contributed by atoms with van der Waals surface area (Å²) in [5.41, 5.74) is 1.82. The Morgan fingerprint density at radius 1 is 0.783 bits per heavy atom. The molecule has 0 spiro atoms. The zero-order chi connectivity index (χ0) is 18.3. The van der Waals surface area contributed by atoms with Crippen molar-refractivity contribution in [1.82, 2.24) is 0 Å². The van der Waals surface area contributed by atoms with Crippen molar-refractivity contribution in [2.45, 2.75) is 40.5 Å². The van der Waals surface area contributed by atoms with Gasteiger partial charge in [0, 0.05) is 0 Å². The van der Waals surface area contributed by atoms with Crippen LogP contribution in [0, 0.1) is 0 Å². The Kier molecular flexibility index (Phi) is 9.44. The number of rotatable bonds is 10. The van der Waals surface area contributed by atoms with Gasteiger partial charge in [0.15, 0.2) is 0 Å². The molecule has 0 rings (SSSR count). The molecule has 3 N–H and O–H groups in total. The average molecular weight is 390 g/mol. The Bertz CT molecular complexity index is 539. The molecular formula is C12H25O8P3. The van der Waals surface area contributed by atoms with Crippen molar-refractivity contribution < 1.29 is 37.0 Å². The summed E-state index contributed by atoms with van der Waals surface area (Å²) >= 11 is 0. The zero-order valence-corrected chi connectivity index (χ0v) is 16.4. The van der Waals surface area contributed by atoms with Gasteiger partial charge in [0.2, 0.25) is 0 Å². The second kappa shape index (κ2) is 9.45. The molecule has 0 saturated carbocycles. The van der Waals surface area contributed by atoms with Crippen molar-refractivity contribution in [3.63, 3.8) is 0 Å². The molecule has 0 aliphatic heterocycles. The lowest BCUT2D eigenvalue weighted by atomic mass is 10.3. The topological polar surface area (TPSA) is 130 Å². The molecule has 0 amide bonds. The average Bonchev–Trinajstić information content (AvgIpc) is 2.22. The largest absolute Gasteiger partial charge is 0.486 e. The van der Waals surface area contributed by atoms with Gasteiger partial charge in [-0.15, -0.1) is 0 Å². The maximum absolute atomic E-state index is 11.7. The van der Waals surface area contributed by atoms with Crippen LogP contribution in [0.25, 0.3) is 0 Å². The highest BCUT2D eigenvalue weighted by molar-refractivity contribution is 7.69. The third-order valence-corrected chi connectivity index (χ3v) is 7.73. The molecule has 0 aromatic carbocycles. The van der Waals surface area contributed by atoms with Crippen molar-refractivity contribution in [2.24, 2.45) is 0 Å². The van der Waals surface area contributed by atoms with E-state index in [0.717, 1.165) is 11.1 Å². The summed E-state index contributed by atoms with van der Waals surface area (Å²) in [4.78, 5) is 28.5. The van der Waals surface area contributed by atoms with Gasteiger partial charge in [-0.05, 0) is 40.5 Å². The summed E-state index contributed by atoms with van der Waals surface area (Å²) < 4.78 is 43.5. The second-order valence-electron chi connectivity index (χ2n) is 5.49. The fourth-order valence-electron chi connectivity index (χ4n) is 1.45. The summed E-state index contributed by atoms with van der Waals surface area (Å²) in [5, 5.41) is 0. The quantitative estimate of drug-likeness (QED) is 0.374. The van der Waals surface area contributed by atoms with Crippen molar-refractivity contribution in [2.75, 3.05) is 12.3 Å². The predicted molar refractivity (Wildman–Crippen MR) is 89.5 cm³/mol. The van der Waals surface area contributed by atoms with Gasteiger partial charge in [0.1, 0.15) is 0 Å². The number of hydrogen-bond donors (Lipinski definition) is 3. The van der Waals surface area contributed by atoms with E-state index in [2.05, 4.69) is 8.62 Å². The van der Waals surface area contributed by atoms with E-state index in [1.54, 1.807) is 39.8 Å². The first-order chi connectivity index (χ1) is 10.2. The van der Waals surface area contributed by atoms with Gasteiger partial charge in [-0.1, -0.05) is 23.3 Å². The zero-order valence-electron chi connectivity index (χ0n) is 13.7. The minimum absolute atomic E-state index is 0.160. The molecule has 2 unspecified atom stereocenters. The van der Waals surface area contributed by atoms with Crippen LogP contribution in [0.5, 0.6) is 0 Å². The van der Waals surface area contributed by atoms with Gasteiger partial charge in [0.05, 0.1) is 12.3 Å². The van der Waals surface area contributed by atoms with E-state index in [-0.39, 0.29) is 12.8 Å². The van der Waals surface area contributed by atoms with Gasteiger partial charge < -0.3 is 14.7 Å². The first kappa shape index (κ1) is 23.0. The van der Waals surface area contributed by atoms with Gasteiger partial charge in [-0.3, -0.25) is 9.13 Å². The number of phosphoric acid groups is 1. The van der Waals surface area contributed by atoms with Gasteiger partial charge in [0.25, 0.3) is 0 Å². The van der Waals surface area contributed by atoms with E-state index < -0.39 is 35.3 Å². The van der Waals surface area contributed by atoms with E-state index in [1.807, 2.05) is 0 Å². The normalized spacial score (nSPS) is 19.1. The number of allylic oxidation sites excluding steroid dienone is 4. The highest BCUT2D eigenvalue weighted by atomic mass is 31.3. The molecule has 136 valence electrons. The predicted octanol–water partition coefficient (Wildman–Crippen LogP) is 4.20. The molecule has 0 aliphatic rings. The summed E-state index contributed by atoms with van der Waals surface area (Å²) in [7, 11) is -14.0. The Balaban J connectivity index is 4.70. The van der Waals surface area contributed by atoms with E-state index in [4.69, 9.17) is 0 Å². The monoisotopic (exact) mass is 390 g/mol.